The van der Waals surface area contributed by atoms with Crippen LogP contribution in [-0.2, 0) is 6.18 Å². The van der Waals surface area contributed by atoms with Crippen molar-refractivity contribution in [1.29, 1.82) is 0 Å². The minimum Gasteiger partial charge on any atom is -0.457 e. The molecule has 0 aromatic heterocycles. The van der Waals surface area contributed by atoms with E-state index in [-0.39, 0.29) is 5.75 Å². The number of benzene rings is 2. The zero-order valence-corrected chi connectivity index (χ0v) is 10.8. The number of halogens is 3. The van der Waals surface area contributed by atoms with Crippen molar-refractivity contribution in [2.75, 3.05) is 0 Å². The fourth-order valence-corrected chi connectivity index (χ4v) is 1.68. The highest BCUT2D eigenvalue weighted by Gasteiger charge is 2.36. The van der Waals surface area contributed by atoms with Gasteiger partial charge >= 0.3 is 6.18 Å². The molecule has 0 spiro atoms. The van der Waals surface area contributed by atoms with Crippen molar-refractivity contribution in [3.63, 3.8) is 0 Å². The first-order chi connectivity index (χ1) is 10.3. The smallest absolute Gasteiger partial charge is 0.420 e. The molecule has 0 fully saturated rings. The number of carbonyl (C=O) groups is 1. The summed E-state index contributed by atoms with van der Waals surface area (Å²) in [5.74, 6) is -0.484. The van der Waals surface area contributed by atoms with E-state index in [1.54, 1.807) is 0 Å². The SMILES string of the molecule is O=Cc1ccc(Oc2ccc([N+](=O)[O-])cc2C(F)(F)F)cc1. The molecule has 5 nitrogen and oxygen atoms in total. The van der Waals surface area contributed by atoms with Crippen LogP contribution in [-0.4, -0.2) is 11.2 Å². The molecule has 0 atom stereocenters. The van der Waals surface area contributed by atoms with Crippen molar-refractivity contribution in [2.45, 2.75) is 6.18 Å². The van der Waals surface area contributed by atoms with Crippen LogP contribution in [0.1, 0.15) is 15.9 Å². The molecular formula is C14H8F3NO4. The molecule has 2 aromatic rings. The van der Waals surface area contributed by atoms with Crippen LogP contribution in [0.4, 0.5) is 18.9 Å². The van der Waals surface area contributed by atoms with Gasteiger partial charge in [-0.25, -0.2) is 0 Å². The molecule has 0 unspecified atom stereocenters. The minimum absolute atomic E-state index is 0.0740. The summed E-state index contributed by atoms with van der Waals surface area (Å²) in [5, 5.41) is 10.6. The van der Waals surface area contributed by atoms with Gasteiger partial charge in [0.15, 0.2) is 0 Å². The van der Waals surface area contributed by atoms with Gasteiger partial charge in [-0.15, -0.1) is 0 Å². The van der Waals surface area contributed by atoms with Crippen LogP contribution in [0.2, 0.25) is 0 Å². The van der Waals surface area contributed by atoms with Gasteiger partial charge in [-0.3, -0.25) is 14.9 Å². The molecule has 0 radical (unpaired) electrons. The Kier molecular flexibility index (Phi) is 4.11. The minimum atomic E-state index is -4.80. The number of hydrogen-bond acceptors (Lipinski definition) is 4. The summed E-state index contributed by atoms with van der Waals surface area (Å²) in [5.41, 5.74) is -1.59. The van der Waals surface area contributed by atoms with Crippen LogP contribution in [0.25, 0.3) is 0 Å². The van der Waals surface area contributed by atoms with Crippen LogP contribution >= 0.6 is 0 Å². The Hall–Kier alpha value is -2.90. The third-order valence-corrected chi connectivity index (χ3v) is 2.72. The van der Waals surface area contributed by atoms with Gasteiger partial charge in [0.1, 0.15) is 23.3 Å². The third kappa shape index (κ3) is 3.40. The normalized spacial score (nSPS) is 11.0. The Morgan fingerprint density at radius 3 is 2.23 bits per heavy atom. The van der Waals surface area contributed by atoms with E-state index in [2.05, 4.69) is 0 Å². The standard InChI is InChI=1S/C14H8F3NO4/c15-14(16,17)12-7-10(18(20)21)3-6-13(12)22-11-4-1-9(8-19)2-5-11/h1-8H. The molecule has 0 N–H and O–H groups in total. The maximum absolute atomic E-state index is 13.0. The predicted molar refractivity (Wildman–Crippen MR) is 70.0 cm³/mol. The summed E-state index contributed by atoms with van der Waals surface area (Å²) in [6.45, 7) is 0. The molecule has 2 rings (SSSR count). The van der Waals surface area contributed by atoms with Gasteiger partial charge in [-0.2, -0.15) is 13.2 Å². The Labute approximate surface area is 122 Å². The summed E-state index contributed by atoms with van der Waals surface area (Å²) in [6.07, 6.45) is -4.22. The lowest BCUT2D eigenvalue weighted by Crippen LogP contribution is -2.08. The fourth-order valence-electron chi connectivity index (χ4n) is 1.68. The molecule has 0 bridgehead atoms. The lowest BCUT2D eigenvalue weighted by molar-refractivity contribution is -0.385. The van der Waals surface area contributed by atoms with Crippen molar-refractivity contribution in [3.05, 3.63) is 63.7 Å². The molecule has 114 valence electrons. The maximum Gasteiger partial charge on any atom is 0.420 e. The van der Waals surface area contributed by atoms with Crippen LogP contribution in [0.5, 0.6) is 11.5 Å². The van der Waals surface area contributed by atoms with Gasteiger partial charge < -0.3 is 4.74 Å². The molecule has 0 aliphatic heterocycles. The Balaban J connectivity index is 2.40. The summed E-state index contributed by atoms with van der Waals surface area (Å²) in [4.78, 5) is 20.2. The van der Waals surface area contributed by atoms with Gasteiger partial charge in [0, 0.05) is 17.7 Å². The van der Waals surface area contributed by atoms with Gasteiger partial charge in [0.05, 0.1) is 4.92 Å². The second-order valence-electron chi connectivity index (χ2n) is 4.22. The molecule has 0 saturated carbocycles. The molecular weight excluding hydrogens is 303 g/mol. The van der Waals surface area contributed by atoms with Gasteiger partial charge in [-0.05, 0) is 30.3 Å². The number of nitro benzene ring substituents is 1. The second kappa shape index (κ2) is 5.84. The van der Waals surface area contributed by atoms with E-state index in [9.17, 15) is 28.1 Å². The van der Waals surface area contributed by atoms with E-state index in [4.69, 9.17) is 4.74 Å². The number of alkyl halides is 3. The molecule has 0 amide bonds. The lowest BCUT2D eigenvalue weighted by Gasteiger charge is -2.13. The Morgan fingerprint density at radius 2 is 1.73 bits per heavy atom. The molecule has 0 saturated heterocycles. The monoisotopic (exact) mass is 311 g/mol. The number of rotatable bonds is 4. The van der Waals surface area contributed by atoms with Crippen molar-refractivity contribution in [2.24, 2.45) is 0 Å². The van der Waals surface area contributed by atoms with Crippen LogP contribution in [0.3, 0.4) is 0 Å². The molecule has 2 aromatic carbocycles. The number of carbonyl (C=O) groups excluding carboxylic acids is 1. The van der Waals surface area contributed by atoms with Crippen LogP contribution < -0.4 is 4.74 Å². The molecule has 0 heterocycles. The topological polar surface area (TPSA) is 69.4 Å². The zero-order valence-electron chi connectivity index (χ0n) is 10.8. The van der Waals surface area contributed by atoms with Gasteiger partial charge in [0.25, 0.3) is 5.69 Å². The van der Waals surface area contributed by atoms with Crippen molar-refractivity contribution < 1.29 is 27.6 Å². The highest BCUT2D eigenvalue weighted by atomic mass is 19.4. The molecule has 22 heavy (non-hydrogen) atoms. The Bertz CT molecular complexity index is 711. The first-order valence-electron chi connectivity index (χ1n) is 5.90. The number of non-ortho nitro benzene ring substituents is 1. The zero-order chi connectivity index (χ0) is 16.3. The lowest BCUT2D eigenvalue weighted by atomic mass is 10.1. The largest absolute Gasteiger partial charge is 0.457 e. The van der Waals surface area contributed by atoms with Crippen molar-refractivity contribution >= 4 is 12.0 Å². The summed E-state index contributed by atoms with van der Waals surface area (Å²) in [7, 11) is 0. The number of nitro groups is 1. The number of aldehydes is 1. The van der Waals surface area contributed by atoms with E-state index in [0.717, 1.165) is 12.1 Å². The van der Waals surface area contributed by atoms with E-state index in [1.165, 1.54) is 24.3 Å². The average Bonchev–Trinajstić information content (AvgIpc) is 2.47. The summed E-state index contributed by atoms with van der Waals surface area (Å²) < 4.78 is 44.0. The number of ether oxygens (including phenoxy) is 1. The van der Waals surface area contributed by atoms with Crippen molar-refractivity contribution in [3.8, 4) is 11.5 Å². The van der Waals surface area contributed by atoms with E-state index < -0.39 is 28.1 Å². The molecule has 0 aliphatic rings. The average molecular weight is 311 g/mol. The highest BCUT2D eigenvalue weighted by Crippen LogP contribution is 2.40. The first kappa shape index (κ1) is 15.5. The number of nitrogens with zero attached hydrogens (tertiary/aromatic N) is 1. The fraction of sp³-hybridized carbons (Fsp3) is 0.0714. The predicted octanol–water partition coefficient (Wildman–Crippen LogP) is 4.22. The van der Waals surface area contributed by atoms with E-state index >= 15 is 0 Å². The van der Waals surface area contributed by atoms with Gasteiger partial charge in [-0.1, -0.05) is 0 Å². The highest BCUT2D eigenvalue weighted by molar-refractivity contribution is 5.74. The summed E-state index contributed by atoms with van der Waals surface area (Å²) in [6, 6.07) is 7.62. The summed E-state index contributed by atoms with van der Waals surface area (Å²) >= 11 is 0. The van der Waals surface area contributed by atoms with Crippen molar-refractivity contribution in [1.82, 2.24) is 0 Å². The van der Waals surface area contributed by atoms with E-state index in [0.29, 0.717) is 17.9 Å². The number of hydrogen-bond donors (Lipinski definition) is 0. The second-order valence-corrected chi connectivity index (χ2v) is 4.22. The van der Waals surface area contributed by atoms with Gasteiger partial charge in [0.2, 0.25) is 0 Å². The third-order valence-electron chi connectivity index (χ3n) is 2.72. The van der Waals surface area contributed by atoms with Crippen LogP contribution in [0.15, 0.2) is 42.5 Å². The molecule has 0 aliphatic carbocycles. The van der Waals surface area contributed by atoms with Crippen LogP contribution in [0, 0.1) is 10.1 Å². The first-order valence-corrected chi connectivity index (χ1v) is 5.90. The maximum atomic E-state index is 13.0. The Morgan fingerprint density at radius 1 is 1.09 bits per heavy atom. The quantitative estimate of drug-likeness (QED) is 0.481. The van der Waals surface area contributed by atoms with E-state index in [1.807, 2.05) is 0 Å². The molecule has 8 heteroatoms.